The first kappa shape index (κ1) is 14.5. The molecule has 0 heterocycles. The molecule has 2 rings (SSSR count). The van der Waals surface area contributed by atoms with Crippen molar-refractivity contribution in [2.45, 2.75) is 6.54 Å². The van der Waals surface area contributed by atoms with E-state index in [9.17, 15) is 14.3 Å². The maximum absolute atomic E-state index is 12.9. The lowest BCUT2D eigenvalue weighted by molar-refractivity contribution is 0.0696. The third kappa shape index (κ3) is 3.17. The third-order valence-electron chi connectivity index (χ3n) is 2.95. The van der Waals surface area contributed by atoms with Crippen LogP contribution in [0.1, 0.15) is 15.9 Å². The van der Waals surface area contributed by atoms with E-state index < -0.39 is 5.97 Å². The average Bonchev–Trinajstić information content (AvgIpc) is 2.40. The van der Waals surface area contributed by atoms with E-state index in [1.807, 2.05) is 4.90 Å². The zero-order chi connectivity index (χ0) is 14.7. The molecule has 0 fully saturated rings. The zero-order valence-corrected chi connectivity index (χ0v) is 12.4. The number of carbonyl (C=O) groups is 1. The molecule has 0 saturated carbocycles. The van der Waals surface area contributed by atoms with E-state index in [0.717, 1.165) is 5.56 Å². The Hall–Kier alpha value is -1.88. The minimum absolute atomic E-state index is 0.220. The van der Waals surface area contributed by atoms with Gasteiger partial charge >= 0.3 is 5.97 Å². The molecular weight excluding hydrogens is 325 g/mol. The van der Waals surface area contributed by atoms with Gasteiger partial charge in [0.2, 0.25) is 0 Å². The van der Waals surface area contributed by atoms with Gasteiger partial charge in [0.25, 0.3) is 0 Å². The highest BCUT2D eigenvalue weighted by atomic mass is 79.9. The van der Waals surface area contributed by atoms with Crippen molar-refractivity contribution in [3.05, 3.63) is 63.9 Å². The van der Waals surface area contributed by atoms with Crippen LogP contribution in [0.15, 0.2) is 46.9 Å². The van der Waals surface area contributed by atoms with E-state index in [2.05, 4.69) is 15.9 Å². The van der Waals surface area contributed by atoms with Gasteiger partial charge in [0.1, 0.15) is 5.82 Å². The quantitative estimate of drug-likeness (QED) is 0.919. The molecule has 2 aromatic carbocycles. The van der Waals surface area contributed by atoms with Crippen LogP contribution < -0.4 is 4.90 Å². The summed E-state index contributed by atoms with van der Waals surface area (Å²) in [5.41, 5.74) is 1.73. The summed E-state index contributed by atoms with van der Waals surface area (Å²) in [5, 5.41) is 9.29. The highest BCUT2D eigenvalue weighted by Gasteiger charge is 2.16. The molecule has 2 aromatic rings. The fourth-order valence-corrected chi connectivity index (χ4v) is 2.52. The molecule has 104 valence electrons. The predicted molar refractivity (Wildman–Crippen MR) is 79.6 cm³/mol. The van der Waals surface area contributed by atoms with Crippen LogP contribution in [0.25, 0.3) is 0 Å². The summed E-state index contributed by atoms with van der Waals surface area (Å²) in [6.07, 6.45) is 0. The van der Waals surface area contributed by atoms with Crippen LogP contribution in [0.3, 0.4) is 0 Å². The molecule has 0 amide bonds. The van der Waals surface area contributed by atoms with Gasteiger partial charge in [-0.25, -0.2) is 9.18 Å². The van der Waals surface area contributed by atoms with Crippen LogP contribution in [-0.2, 0) is 6.54 Å². The smallest absolute Gasteiger partial charge is 0.338 e. The topological polar surface area (TPSA) is 40.5 Å². The lowest BCUT2D eigenvalue weighted by Gasteiger charge is -2.22. The first-order chi connectivity index (χ1) is 9.49. The Balaban J connectivity index is 2.29. The van der Waals surface area contributed by atoms with E-state index >= 15 is 0 Å². The van der Waals surface area contributed by atoms with Gasteiger partial charge in [-0.2, -0.15) is 0 Å². The second-order valence-electron chi connectivity index (χ2n) is 4.42. The van der Waals surface area contributed by atoms with Crippen molar-refractivity contribution in [2.24, 2.45) is 0 Å². The molecule has 0 atom stereocenters. The number of hydrogen-bond acceptors (Lipinski definition) is 2. The molecule has 3 nitrogen and oxygen atoms in total. The van der Waals surface area contributed by atoms with Crippen molar-refractivity contribution >= 4 is 27.6 Å². The van der Waals surface area contributed by atoms with Crippen LogP contribution in [0.2, 0.25) is 0 Å². The number of nitrogens with zero attached hydrogens (tertiary/aromatic N) is 1. The molecule has 0 aliphatic heterocycles. The number of benzene rings is 2. The first-order valence-electron chi connectivity index (χ1n) is 5.96. The summed E-state index contributed by atoms with van der Waals surface area (Å²) in [6, 6.07) is 11.4. The molecule has 0 radical (unpaired) electrons. The number of rotatable bonds is 4. The van der Waals surface area contributed by atoms with E-state index in [1.165, 1.54) is 12.1 Å². The average molecular weight is 338 g/mol. The van der Waals surface area contributed by atoms with E-state index in [-0.39, 0.29) is 11.4 Å². The van der Waals surface area contributed by atoms with Gasteiger partial charge < -0.3 is 10.0 Å². The Bertz CT molecular complexity index is 628. The van der Waals surface area contributed by atoms with Gasteiger partial charge in [-0.15, -0.1) is 0 Å². The van der Waals surface area contributed by atoms with Gasteiger partial charge in [-0.1, -0.05) is 18.2 Å². The zero-order valence-electron chi connectivity index (χ0n) is 10.8. The molecule has 0 spiro atoms. The number of hydrogen-bond donors (Lipinski definition) is 1. The Kier molecular flexibility index (Phi) is 4.39. The van der Waals surface area contributed by atoms with Crippen LogP contribution >= 0.6 is 15.9 Å². The monoisotopic (exact) mass is 337 g/mol. The van der Waals surface area contributed by atoms with Crippen molar-refractivity contribution < 1.29 is 14.3 Å². The van der Waals surface area contributed by atoms with Gasteiger partial charge in [0.15, 0.2) is 0 Å². The standard InChI is InChI=1S/C15H13BrFNO2/c1-18(9-10-5-7-11(17)8-6-10)13-4-2-3-12(16)14(13)15(19)20/h2-8H,9H2,1H3,(H,19,20). The van der Waals surface area contributed by atoms with Crippen LogP contribution in [0, 0.1) is 5.82 Å². The molecule has 0 aliphatic carbocycles. The Morgan fingerprint density at radius 1 is 1.25 bits per heavy atom. The fraction of sp³-hybridized carbons (Fsp3) is 0.133. The minimum atomic E-state index is -0.988. The maximum Gasteiger partial charge on any atom is 0.338 e. The lowest BCUT2D eigenvalue weighted by Crippen LogP contribution is -2.19. The lowest BCUT2D eigenvalue weighted by atomic mass is 10.1. The summed E-state index contributed by atoms with van der Waals surface area (Å²) in [5.74, 6) is -1.27. The fourth-order valence-electron chi connectivity index (χ4n) is 1.99. The van der Waals surface area contributed by atoms with Gasteiger partial charge in [0.05, 0.1) is 11.3 Å². The number of carboxylic acids is 1. The molecule has 0 saturated heterocycles. The SMILES string of the molecule is CN(Cc1ccc(F)cc1)c1cccc(Br)c1C(=O)O. The molecule has 0 unspecified atom stereocenters. The molecule has 0 aliphatic rings. The van der Waals surface area contributed by atoms with Crippen molar-refractivity contribution in [1.29, 1.82) is 0 Å². The first-order valence-corrected chi connectivity index (χ1v) is 6.75. The van der Waals surface area contributed by atoms with E-state index in [1.54, 1.807) is 37.4 Å². The molecule has 0 aromatic heterocycles. The third-order valence-corrected chi connectivity index (χ3v) is 3.61. The highest BCUT2D eigenvalue weighted by molar-refractivity contribution is 9.10. The summed E-state index contributed by atoms with van der Waals surface area (Å²) in [4.78, 5) is 13.2. The molecule has 20 heavy (non-hydrogen) atoms. The largest absolute Gasteiger partial charge is 0.478 e. The minimum Gasteiger partial charge on any atom is -0.478 e. The predicted octanol–water partition coefficient (Wildman–Crippen LogP) is 3.92. The maximum atomic E-state index is 12.9. The van der Waals surface area contributed by atoms with Gasteiger partial charge in [-0.05, 0) is 45.8 Å². The molecule has 5 heteroatoms. The second kappa shape index (κ2) is 6.05. The molecule has 1 N–H and O–H groups in total. The Morgan fingerprint density at radius 3 is 2.50 bits per heavy atom. The van der Waals surface area contributed by atoms with Gasteiger partial charge in [0, 0.05) is 18.1 Å². The van der Waals surface area contributed by atoms with Crippen LogP contribution in [0.4, 0.5) is 10.1 Å². The number of aromatic carboxylic acids is 1. The molecule has 0 bridgehead atoms. The van der Waals surface area contributed by atoms with E-state index in [0.29, 0.717) is 16.7 Å². The normalized spacial score (nSPS) is 10.3. The summed E-state index contributed by atoms with van der Waals surface area (Å²) < 4.78 is 13.4. The highest BCUT2D eigenvalue weighted by Crippen LogP contribution is 2.28. The second-order valence-corrected chi connectivity index (χ2v) is 5.28. The van der Waals surface area contributed by atoms with Crippen LogP contribution in [0.5, 0.6) is 0 Å². The van der Waals surface area contributed by atoms with Crippen LogP contribution in [-0.4, -0.2) is 18.1 Å². The number of halogens is 2. The number of carboxylic acid groups (broad SMARTS) is 1. The number of anilines is 1. The van der Waals surface area contributed by atoms with Gasteiger partial charge in [-0.3, -0.25) is 0 Å². The summed E-state index contributed by atoms with van der Waals surface area (Å²) >= 11 is 3.25. The van der Waals surface area contributed by atoms with Crippen molar-refractivity contribution in [3.8, 4) is 0 Å². The van der Waals surface area contributed by atoms with Crippen molar-refractivity contribution in [2.75, 3.05) is 11.9 Å². The Morgan fingerprint density at radius 2 is 1.90 bits per heavy atom. The van der Waals surface area contributed by atoms with Crippen molar-refractivity contribution in [1.82, 2.24) is 0 Å². The Labute approximate surface area is 124 Å². The molecular formula is C15H13BrFNO2. The van der Waals surface area contributed by atoms with Crippen molar-refractivity contribution in [3.63, 3.8) is 0 Å². The summed E-state index contributed by atoms with van der Waals surface area (Å²) in [6.45, 7) is 0.497. The van der Waals surface area contributed by atoms with E-state index in [4.69, 9.17) is 0 Å². The summed E-state index contributed by atoms with van der Waals surface area (Å²) in [7, 11) is 1.80.